The Morgan fingerprint density at radius 1 is 0.242 bits per heavy atom. The number of hydrogen-bond donors (Lipinski definition) is 0. The van der Waals surface area contributed by atoms with Gasteiger partial charge >= 0.3 is 0 Å². The van der Waals surface area contributed by atoms with Crippen molar-refractivity contribution in [1.82, 2.24) is 9.13 Å². The van der Waals surface area contributed by atoms with E-state index in [9.17, 15) is 0 Å². The second kappa shape index (κ2) is 19.8. The van der Waals surface area contributed by atoms with Crippen molar-refractivity contribution in [2.45, 2.75) is 52.4 Å². The molecule has 2 aliphatic rings. The van der Waals surface area contributed by atoms with E-state index in [4.69, 9.17) is 0 Å². The fraction of sp³-hybridized carbons (Fsp3) is 0.0930. The maximum atomic E-state index is 2.64. The van der Waals surface area contributed by atoms with Gasteiger partial charge in [-0.25, -0.2) is 0 Å². The third-order valence-electron chi connectivity index (χ3n) is 20.0. The average Bonchev–Trinajstić information content (AvgIpc) is 1.21. The van der Waals surface area contributed by atoms with Crippen LogP contribution in [0, 0.1) is 0 Å². The van der Waals surface area contributed by atoms with E-state index >= 15 is 0 Å². The highest BCUT2D eigenvalue weighted by molar-refractivity contribution is 7.00. The minimum absolute atomic E-state index is 0.0526. The zero-order valence-electron chi connectivity index (χ0n) is 52.0. The van der Waals surface area contributed by atoms with E-state index in [-0.39, 0.29) is 17.5 Å². The zero-order valence-corrected chi connectivity index (χ0v) is 52.0. The molecule has 16 aromatic rings. The van der Waals surface area contributed by atoms with Gasteiger partial charge in [0.2, 0.25) is 0 Å². The summed E-state index contributed by atoms with van der Waals surface area (Å²) < 4.78 is 5.06. The molecule has 0 amide bonds. The van der Waals surface area contributed by atoms with Gasteiger partial charge in [-0.05, 0) is 184 Å². The number of fused-ring (bicyclic) bond motifs is 16. The van der Waals surface area contributed by atoms with Crippen molar-refractivity contribution >= 4 is 133 Å². The smallest absolute Gasteiger partial charge is 0.252 e. The lowest BCUT2D eigenvalue weighted by Gasteiger charge is -2.44. The summed E-state index contributed by atoms with van der Waals surface area (Å²) in [7, 11) is 0. The van der Waals surface area contributed by atoms with Gasteiger partial charge in [-0.1, -0.05) is 236 Å². The maximum absolute atomic E-state index is 2.64. The number of aromatic nitrogens is 2. The normalized spacial score (nSPS) is 13.1. The Morgan fingerprint density at radius 2 is 0.659 bits per heavy atom. The van der Waals surface area contributed by atoms with E-state index in [0.29, 0.717) is 0 Å². The van der Waals surface area contributed by atoms with E-state index < -0.39 is 0 Å². The Morgan fingerprint density at radius 3 is 1.22 bits per heavy atom. The first-order valence-electron chi connectivity index (χ1n) is 32.1. The molecule has 91 heavy (non-hydrogen) atoms. The molecular formula is C86H65BN4. The molecule has 18 rings (SSSR count). The maximum Gasteiger partial charge on any atom is 0.252 e. The largest absolute Gasteiger partial charge is 0.311 e. The number of benzene rings is 14. The van der Waals surface area contributed by atoms with Crippen LogP contribution in [0.2, 0.25) is 0 Å². The van der Waals surface area contributed by atoms with Gasteiger partial charge in [0.1, 0.15) is 0 Å². The number of nitrogens with zero attached hydrogens (tertiary/aromatic N) is 4. The molecule has 0 N–H and O–H groups in total. The van der Waals surface area contributed by atoms with Gasteiger partial charge in [-0.2, -0.15) is 0 Å². The standard InChI is InChI=1S/C86H65BN4/c1-85(2,3)58-36-45-78-72(48-58)73-49-59(86(4,5)6)37-46-79(73)91(78)63-52-82-84-83(53-63)90(61-40-42-68-66-27-14-13-25-64(66)65-26-15-16-28-67(65)71(68)50-61)81-51-62(89-76-31-19-17-29-69(76)70-30-18-20-32-77(70)89)41-43-74(81)87(84)75-47-57(55-23-11-8-12-24-55)35-44-80(75)88(82)60-38-33-56(34-39-60)54-21-9-7-10-22-54/h7-53H,1-6H3. The summed E-state index contributed by atoms with van der Waals surface area (Å²) in [5, 5.41) is 12.5. The van der Waals surface area contributed by atoms with E-state index in [1.54, 1.807) is 0 Å². The van der Waals surface area contributed by atoms with Crippen molar-refractivity contribution in [2.75, 3.05) is 9.80 Å². The first-order chi connectivity index (χ1) is 44.4. The molecule has 0 aliphatic carbocycles. The Bertz CT molecular complexity index is 5520. The van der Waals surface area contributed by atoms with Crippen LogP contribution in [0.25, 0.3) is 110 Å². The molecule has 5 heteroatoms. The van der Waals surface area contributed by atoms with Crippen molar-refractivity contribution in [1.29, 1.82) is 0 Å². The molecule has 0 saturated heterocycles. The molecule has 0 bridgehead atoms. The van der Waals surface area contributed by atoms with Crippen LogP contribution in [0.3, 0.4) is 0 Å². The second-order valence-corrected chi connectivity index (χ2v) is 27.3. The van der Waals surface area contributed by atoms with E-state index in [0.717, 1.165) is 45.5 Å². The minimum atomic E-state index is -0.164. The fourth-order valence-corrected chi connectivity index (χ4v) is 15.5. The molecule has 0 radical (unpaired) electrons. The molecule has 0 unspecified atom stereocenters. The van der Waals surface area contributed by atoms with Gasteiger partial charge in [-0.3, -0.25) is 0 Å². The summed E-state index contributed by atoms with van der Waals surface area (Å²) in [4.78, 5) is 5.22. The van der Waals surface area contributed by atoms with Crippen LogP contribution in [-0.2, 0) is 10.8 Å². The number of anilines is 6. The van der Waals surface area contributed by atoms with Crippen LogP contribution in [0.4, 0.5) is 34.1 Å². The minimum Gasteiger partial charge on any atom is -0.311 e. The molecule has 4 nitrogen and oxygen atoms in total. The summed E-state index contributed by atoms with van der Waals surface area (Å²) in [5.74, 6) is 0. The lowest BCUT2D eigenvalue weighted by atomic mass is 9.33. The average molecular weight is 1170 g/mol. The molecule has 0 saturated carbocycles. The molecule has 0 spiro atoms. The molecular weight excluding hydrogens is 1100 g/mol. The molecule has 14 aromatic carbocycles. The Hall–Kier alpha value is -10.9. The third kappa shape index (κ3) is 8.16. The number of hydrogen-bond acceptors (Lipinski definition) is 2. The highest BCUT2D eigenvalue weighted by atomic mass is 15.2. The van der Waals surface area contributed by atoms with Gasteiger partial charge in [-0.15, -0.1) is 0 Å². The fourth-order valence-electron chi connectivity index (χ4n) is 15.5. The molecule has 4 heterocycles. The van der Waals surface area contributed by atoms with Crippen molar-refractivity contribution < 1.29 is 0 Å². The predicted molar refractivity (Wildman–Crippen MR) is 390 cm³/mol. The van der Waals surface area contributed by atoms with Crippen LogP contribution >= 0.6 is 0 Å². The molecule has 0 atom stereocenters. The summed E-state index contributed by atoms with van der Waals surface area (Å²) in [6.07, 6.45) is 0. The summed E-state index contributed by atoms with van der Waals surface area (Å²) in [6.45, 7) is 13.8. The Labute approximate surface area is 531 Å². The monoisotopic (exact) mass is 1160 g/mol. The third-order valence-corrected chi connectivity index (χ3v) is 20.0. The summed E-state index contributed by atoms with van der Waals surface area (Å²) in [5.41, 5.74) is 24.8. The molecule has 2 aromatic heterocycles. The van der Waals surface area contributed by atoms with Gasteiger partial charge < -0.3 is 18.9 Å². The summed E-state index contributed by atoms with van der Waals surface area (Å²) in [6, 6.07) is 108. The second-order valence-electron chi connectivity index (χ2n) is 27.3. The van der Waals surface area contributed by atoms with Crippen molar-refractivity contribution in [3.8, 4) is 33.6 Å². The van der Waals surface area contributed by atoms with Crippen LogP contribution in [0.15, 0.2) is 285 Å². The van der Waals surface area contributed by atoms with E-state index in [1.165, 1.54) is 126 Å². The van der Waals surface area contributed by atoms with Crippen molar-refractivity contribution in [3.05, 3.63) is 296 Å². The highest BCUT2D eigenvalue weighted by Crippen LogP contribution is 2.50. The number of rotatable bonds is 6. The molecule has 2 aliphatic heterocycles. The van der Waals surface area contributed by atoms with Gasteiger partial charge in [0.15, 0.2) is 0 Å². The van der Waals surface area contributed by atoms with Crippen LogP contribution < -0.4 is 26.2 Å². The van der Waals surface area contributed by atoms with Gasteiger partial charge in [0.05, 0.1) is 27.8 Å². The lowest BCUT2D eigenvalue weighted by Crippen LogP contribution is -2.61. The van der Waals surface area contributed by atoms with Crippen molar-refractivity contribution in [2.24, 2.45) is 0 Å². The van der Waals surface area contributed by atoms with E-state index in [2.05, 4.69) is 346 Å². The van der Waals surface area contributed by atoms with Gasteiger partial charge in [0.25, 0.3) is 6.71 Å². The molecule has 0 fully saturated rings. The predicted octanol–water partition coefficient (Wildman–Crippen LogP) is 21.4. The van der Waals surface area contributed by atoms with E-state index in [1.807, 2.05) is 0 Å². The van der Waals surface area contributed by atoms with Crippen LogP contribution in [0.1, 0.15) is 52.7 Å². The van der Waals surface area contributed by atoms with Crippen LogP contribution in [-0.4, -0.2) is 15.8 Å². The van der Waals surface area contributed by atoms with Crippen molar-refractivity contribution in [3.63, 3.8) is 0 Å². The highest BCUT2D eigenvalue weighted by Gasteiger charge is 2.44. The summed E-state index contributed by atoms with van der Waals surface area (Å²) >= 11 is 0. The Balaban J connectivity index is 0.993. The lowest BCUT2D eigenvalue weighted by molar-refractivity contribution is 0.590. The number of para-hydroxylation sites is 2. The quantitative estimate of drug-likeness (QED) is 0.122. The van der Waals surface area contributed by atoms with Gasteiger partial charge in [0, 0.05) is 61.4 Å². The zero-order chi connectivity index (χ0) is 61.0. The Kier molecular flexibility index (Phi) is 11.6. The topological polar surface area (TPSA) is 16.3 Å². The van der Waals surface area contributed by atoms with Crippen LogP contribution in [0.5, 0.6) is 0 Å². The molecule has 432 valence electrons. The SMILES string of the molecule is CC(C)(C)c1ccc2c(c1)c1cc(C(C)(C)C)ccc1n2-c1cc2c3c(c1)N(c1ccc4c5ccccc5c5ccccc5c4c1)c1cc(-n4c5ccccc5c5ccccc54)ccc1B3c1cc(-c3ccccc3)ccc1N2c1ccc(-c2ccccc2)cc1. The first kappa shape index (κ1) is 53.2. The first-order valence-corrected chi connectivity index (χ1v) is 32.1.